The molecule has 1 aliphatic carbocycles. The zero-order valence-corrected chi connectivity index (χ0v) is 22.0. The molecule has 0 radical (unpaired) electrons. The van der Waals surface area contributed by atoms with Crippen LogP contribution < -0.4 is 15.5 Å². The molecule has 2 N–H and O–H groups in total. The lowest BCUT2D eigenvalue weighted by Gasteiger charge is -2.34. The van der Waals surface area contributed by atoms with Crippen LogP contribution in [0, 0.1) is 5.82 Å². The molecule has 4 rings (SSSR count). The lowest BCUT2D eigenvalue weighted by molar-refractivity contribution is 0.270. The molecule has 1 aromatic carbocycles. The molecule has 0 spiro atoms. The van der Waals surface area contributed by atoms with Crippen LogP contribution in [0.2, 0.25) is 0 Å². The van der Waals surface area contributed by atoms with Crippen molar-refractivity contribution >= 4 is 35.8 Å². The number of aliphatic imine (C=N–C) groups is 1. The number of nitrogens with zero attached hydrogens (tertiary/aromatic N) is 4. The van der Waals surface area contributed by atoms with E-state index in [9.17, 15) is 4.39 Å². The Bertz CT molecular complexity index is 907. The first-order valence-corrected chi connectivity index (χ1v) is 11.8. The van der Waals surface area contributed by atoms with Crippen LogP contribution in [0.3, 0.4) is 0 Å². The first-order valence-electron chi connectivity index (χ1n) is 11.8. The monoisotopic (exact) mass is 566 g/mol. The predicted octanol–water partition coefficient (Wildman–Crippen LogP) is 3.77. The van der Waals surface area contributed by atoms with E-state index < -0.39 is 0 Å². The summed E-state index contributed by atoms with van der Waals surface area (Å²) in [6.07, 6.45) is 4.07. The average Bonchev–Trinajstić information content (AvgIpc) is 3.63. The van der Waals surface area contributed by atoms with Gasteiger partial charge in [-0.3, -0.25) is 0 Å². The van der Waals surface area contributed by atoms with Gasteiger partial charge in [-0.05, 0) is 55.6 Å². The molecule has 2 heterocycles. The summed E-state index contributed by atoms with van der Waals surface area (Å²) in [5, 5.41) is 6.79. The van der Waals surface area contributed by atoms with Gasteiger partial charge in [0.25, 0.3) is 0 Å². The van der Waals surface area contributed by atoms with Crippen LogP contribution in [0.4, 0.5) is 10.2 Å². The van der Waals surface area contributed by atoms with Crippen LogP contribution in [-0.4, -0.2) is 61.7 Å². The molecule has 33 heavy (non-hydrogen) atoms. The number of likely N-dealkylation sites (N-methyl/N-ethyl adjacent to an activating group) is 1. The van der Waals surface area contributed by atoms with E-state index in [2.05, 4.69) is 51.4 Å². The maximum absolute atomic E-state index is 13.7. The number of halogens is 2. The fraction of sp³-hybridized carbons (Fsp3) is 0.520. The Balaban J connectivity index is 0.00000306. The number of rotatable bonds is 8. The lowest BCUT2D eigenvalue weighted by atomic mass is 9.96. The Kier molecular flexibility index (Phi) is 9.31. The summed E-state index contributed by atoms with van der Waals surface area (Å²) >= 11 is 0. The van der Waals surface area contributed by atoms with Gasteiger partial charge >= 0.3 is 0 Å². The number of aromatic nitrogens is 1. The Morgan fingerprint density at radius 1 is 1.09 bits per heavy atom. The van der Waals surface area contributed by atoms with Crippen molar-refractivity contribution in [3.05, 3.63) is 59.5 Å². The normalized spacial score (nSPS) is 17.9. The van der Waals surface area contributed by atoms with Crippen LogP contribution >= 0.6 is 24.0 Å². The molecule has 8 heteroatoms. The van der Waals surface area contributed by atoms with Crippen LogP contribution in [0.1, 0.15) is 37.8 Å². The van der Waals surface area contributed by atoms with E-state index in [1.807, 2.05) is 12.3 Å². The summed E-state index contributed by atoms with van der Waals surface area (Å²) in [5.74, 6) is 1.66. The first-order chi connectivity index (χ1) is 15.6. The van der Waals surface area contributed by atoms with E-state index in [4.69, 9.17) is 4.99 Å². The zero-order chi connectivity index (χ0) is 22.4. The standard InChI is InChI=1S/C25H35FN6.HI/c1-3-27-24(30-19-25(10-11-25)21-6-5-7-22(26)16-21)29-18-20-8-9-23(28-17-20)32-14-12-31(4-2)13-15-32;/h5-9,16-17H,3-4,10-15,18-19H2,1-2H3,(H2,27,29,30);1H. The molecule has 0 bridgehead atoms. The number of benzene rings is 1. The summed E-state index contributed by atoms with van der Waals surface area (Å²) in [5.41, 5.74) is 2.17. The van der Waals surface area contributed by atoms with E-state index in [0.717, 1.165) is 81.6 Å². The fourth-order valence-corrected chi connectivity index (χ4v) is 4.29. The van der Waals surface area contributed by atoms with E-state index in [0.29, 0.717) is 6.54 Å². The van der Waals surface area contributed by atoms with Gasteiger partial charge in [0.2, 0.25) is 0 Å². The van der Waals surface area contributed by atoms with Gasteiger partial charge in [-0.25, -0.2) is 14.4 Å². The van der Waals surface area contributed by atoms with Crippen molar-refractivity contribution in [1.29, 1.82) is 0 Å². The molecule has 2 aliphatic rings. The third-order valence-electron chi connectivity index (χ3n) is 6.60. The van der Waals surface area contributed by atoms with E-state index >= 15 is 0 Å². The zero-order valence-electron chi connectivity index (χ0n) is 19.7. The second-order valence-corrected chi connectivity index (χ2v) is 8.79. The van der Waals surface area contributed by atoms with Crippen LogP contribution in [0.5, 0.6) is 0 Å². The van der Waals surface area contributed by atoms with Crippen molar-refractivity contribution in [1.82, 2.24) is 20.5 Å². The molecule has 0 unspecified atom stereocenters. The number of pyridine rings is 1. The summed E-state index contributed by atoms with van der Waals surface area (Å²) < 4.78 is 13.7. The second kappa shape index (κ2) is 12.0. The topological polar surface area (TPSA) is 55.8 Å². The first kappa shape index (κ1) is 25.7. The Labute approximate surface area is 214 Å². The number of piperazine rings is 1. The van der Waals surface area contributed by atoms with Gasteiger partial charge in [-0.2, -0.15) is 0 Å². The van der Waals surface area contributed by atoms with Crippen LogP contribution in [0.25, 0.3) is 0 Å². The van der Waals surface area contributed by atoms with Gasteiger partial charge in [0.05, 0.1) is 6.54 Å². The molecule has 1 aromatic heterocycles. The quantitative estimate of drug-likeness (QED) is 0.290. The third-order valence-corrected chi connectivity index (χ3v) is 6.60. The van der Waals surface area contributed by atoms with Crippen molar-refractivity contribution in [2.45, 2.75) is 38.6 Å². The number of nitrogens with one attached hydrogen (secondary N) is 2. The van der Waals surface area contributed by atoms with Crippen molar-refractivity contribution in [3.8, 4) is 0 Å². The molecule has 2 fully saturated rings. The van der Waals surface area contributed by atoms with E-state index in [1.165, 1.54) is 6.07 Å². The highest BCUT2D eigenvalue weighted by Gasteiger charge is 2.44. The molecular formula is C25H36FIN6. The third kappa shape index (κ3) is 6.79. The van der Waals surface area contributed by atoms with Gasteiger partial charge in [0, 0.05) is 50.9 Å². The van der Waals surface area contributed by atoms with Crippen LogP contribution in [-0.2, 0) is 12.0 Å². The van der Waals surface area contributed by atoms with Gasteiger partial charge in [-0.15, -0.1) is 24.0 Å². The SMILES string of the molecule is CCNC(=NCc1ccc(N2CCN(CC)CC2)nc1)NCC1(c2cccc(F)c2)CC1.I. The minimum Gasteiger partial charge on any atom is -0.357 e. The summed E-state index contributed by atoms with van der Waals surface area (Å²) in [4.78, 5) is 14.3. The summed E-state index contributed by atoms with van der Waals surface area (Å²) in [6.45, 7) is 11.8. The van der Waals surface area contributed by atoms with Gasteiger partial charge < -0.3 is 20.4 Å². The van der Waals surface area contributed by atoms with Gasteiger partial charge in [0.1, 0.15) is 11.6 Å². The average molecular weight is 567 g/mol. The van der Waals surface area contributed by atoms with Crippen LogP contribution in [0.15, 0.2) is 47.6 Å². The molecule has 1 saturated heterocycles. The largest absolute Gasteiger partial charge is 0.357 e. The molecule has 0 amide bonds. The van der Waals surface area contributed by atoms with Crippen molar-refractivity contribution < 1.29 is 4.39 Å². The molecule has 1 saturated carbocycles. The van der Waals surface area contributed by atoms with E-state index in [1.54, 1.807) is 12.1 Å². The minimum absolute atomic E-state index is 0. The summed E-state index contributed by atoms with van der Waals surface area (Å²) in [6, 6.07) is 11.2. The highest BCUT2D eigenvalue weighted by atomic mass is 127. The second-order valence-electron chi connectivity index (χ2n) is 8.79. The van der Waals surface area contributed by atoms with E-state index in [-0.39, 0.29) is 35.2 Å². The number of hydrogen-bond donors (Lipinski definition) is 2. The molecule has 6 nitrogen and oxygen atoms in total. The van der Waals surface area contributed by atoms with Crippen molar-refractivity contribution in [2.24, 2.45) is 4.99 Å². The summed E-state index contributed by atoms with van der Waals surface area (Å²) in [7, 11) is 0. The van der Waals surface area contributed by atoms with Crippen molar-refractivity contribution in [2.75, 3.05) is 50.7 Å². The predicted molar refractivity (Wildman–Crippen MR) is 144 cm³/mol. The van der Waals surface area contributed by atoms with Gasteiger partial charge in [-0.1, -0.05) is 25.1 Å². The number of guanidine groups is 1. The minimum atomic E-state index is -0.169. The molecule has 180 valence electrons. The fourth-order valence-electron chi connectivity index (χ4n) is 4.29. The molecule has 0 atom stereocenters. The maximum Gasteiger partial charge on any atom is 0.191 e. The Hall–Kier alpha value is -1.94. The highest BCUT2D eigenvalue weighted by Crippen LogP contribution is 2.47. The number of hydrogen-bond acceptors (Lipinski definition) is 4. The molecule has 2 aromatic rings. The smallest absolute Gasteiger partial charge is 0.191 e. The van der Waals surface area contributed by atoms with Gasteiger partial charge in [0.15, 0.2) is 5.96 Å². The Morgan fingerprint density at radius 3 is 2.48 bits per heavy atom. The molecule has 1 aliphatic heterocycles. The van der Waals surface area contributed by atoms with Crippen molar-refractivity contribution in [3.63, 3.8) is 0 Å². The number of anilines is 1. The Morgan fingerprint density at radius 2 is 1.88 bits per heavy atom. The highest BCUT2D eigenvalue weighted by molar-refractivity contribution is 14.0. The molecular weight excluding hydrogens is 530 g/mol. The maximum atomic E-state index is 13.7. The lowest BCUT2D eigenvalue weighted by Crippen LogP contribution is -2.46.